The number of rotatable bonds is 8. The van der Waals surface area contributed by atoms with Gasteiger partial charge in [-0.05, 0) is 55.9 Å². The summed E-state index contributed by atoms with van der Waals surface area (Å²) in [5, 5.41) is 6.27. The average molecular weight is 415 g/mol. The Bertz CT molecular complexity index is 904. The molecule has 1 saturated carbocycles. The molecule has 0 spiro atoms. The number of amides is 2. The second-order valence-corrected chi connectivity index (χ2v) is 8.44. The first-order valence-corrected chi connectivity index (χ1v) is 10.7. The number of carbonyl (C=O) groups is 3. The monoisotopic (exact) mass is 414 g/mol. The molecule has 2 aromatic rings. The van der Waals surface area contributed by atoms with Crippen LogP contribution in [0.2, 0.25) is 0 Å². The van der Waals surface area contributed by atoms with Crippen molar-refractivity contribution in [3.63, 3.8) is 0 Å². The zero-order valence-electron chi connectivity index (χ0n) is 16.9. The number of thiophene rings is 1. The lowest BCUT2D eigenvalue weighted by atomic mass is 9.97. The highest BCUT2D eigenvalue weighted by Gasteiger charge is 2.30. The van der Waals surface area contributed by atoms with E-state index in [9.17, 15) is 14.4 Å². The van der Waals surface area contributed by atoms with Crippen molar-refractivity contribution >= 4 is 39.8 Å². The predicted octanol–water partition coefficient (Wildman–Crippen LogP) is 4.79. The minimum Gasteiger partial charge on any atom is -0.448 e. The van der Waals surface area contributed by atoms with E-state index in [1.165, 1.54) is 0 Å². The van der Waals surface area contributed by atoms with Crippen molar-refractivity contribution in [1.82, 2.24) is 0 Å². The third-order valence-corrected chi connectivity index (χ3v) is 6.00. The Hall–Kier alpha value is -2.67. The molecule has 0 bridgehead atoms. The summed E-state index contributed by atoms with van der Waals surface area (Å²) in [5.74, 6) is -0.582. The van der Waals surface area contributed by atoms with Gasteiger partial charge >= 0.3 is 5.97 Å². The number of ether oxygens (including phenoxy) is 1. The van der Waals surface area contributed by atoms with E-state index in [4.69, 9.17) is 4.74 Å². The summed E-state index contributed by atoms with van der Waals surface area (Å²) in [6.07, 6.45) is 1.84. The molecule has 2 N–H and O–H groups in total. The first-order chi connectivity index (χ1) is 13.9. The molecule has 1 aromatic heterocycles. The molecule has 2 atom stereocenters. The summed E-state index contributed by atoms with van der Waals surface area (Å²) in [7, 11) is 0. The Balaban J connectivity index is 1.57. The van der Waals surface area contributed by atoms with Gasteiger partial charge < -0.3 is 15.4 Å². The van der Waals surface area contributed by atoms with E-state index >= 15 is 0 Å². The molecule has 1 fully saturated rings. The van der Waals surface area contributed by atoms with Gasteiger partial charge in [0, 0.05) is 11.6 Å². The largest absolute Gasteiger partial charge is 0.448 e. The SMILES string of the molecule is CCC(C)c1ccccc1NC(=O)C(C)OC(=O)c1ccc(NC(=O)C2CC2)s1. The van der Waals surface area contributed by atoms with Crippen molar-refractivity contribution in [1.29, 1.82) is 0 Å². The molecule has 1 aliphatic carbocycles. The number of hydrogen-bond acceptors (Lipinski definition) is 5. The van der Waals surface area contributed by atoms with Crippen LogP contribution >= 0.6 is 11.3 Å². The molecule has 3 rings (SSSR count). The van der Waals surface area contributed by atoms with Crippen LogP contribution < -0.4 is 10.6 Å². The molecule has 0 radical (unpaired) electrons. The molecule has 0 aliphatic heterocycles. The van der Waals surface area contributed by atoms with Crippen molar-refractivity contribution in [2.45, 2.75) is 52.1 Å². The van der Waals surface area contributed by atoms with E-state index in [0.29, 0.717) is 15.8 Å². The molecule has 29 heavy (non-hydrogen) atoms. The normalized spacial score (nSPS) is 15.3. The van der Waals surface area contributed by atoms with E-state index in [1.54, 1.807) is 19.1 Å². The van der Waals surface area contributed by atoms with E-state index in [-0.39, 0.29) is 17.7 Å². The molecule has 1 heterocycles. The molecule has 2 unspecified atom stereocenters. The second kappa shape index (κ2) is 9.22. The number of anilines is 2. The van der Waals surface area contributed by atoms with Crippen LogP contribution in [-0.4, -0.2) is 23.9 Å². The van der Waals surface area contributed by atoms with Crippen LogP contribution in [0.25, 0.3) is 0 Å². The van der Waals surface area contributed by atoms with Crippen molar-refractivity contribution < 1.29 is 19.1 Å². The number of nitrogens with one attached hydrogen (secondary N) is 2. The first-order valence-electron chi connectivity index (χ1n) is 9.90. The van der Waals surface area contributed by atoms with Crippen LogP contribution in [-0.2, 0) is 14.3 Å². The van der Waals surface area contributed by atoms with Gasteiger partial charge in [-0.2, -0.15) is 0 Å². The maximum Gasteiger partial charge on any atom is 0.349 e. The lowest BCUT2D eigenvalue weighted by Gasteiger charge is -2.18. The molecular formula is C22H26N2O4S. The molecule has 0 saturated heterocycles. The molecule has 2 amide bonds. The molecule has 6 nitrogen and oxygen atoms in total. The van der Waals surface area contributed by atoms with E-state index < -0.39 is 12.1 Å². The number of carbonyl (C=O) groups excluding carboxylic acids is 3. The third-order valence-electron chi connectivity index (χ3n) is 5.02. The van der Waals surface area contributed by atoms with Crippen LogP contribution in [0.3, 0.4) is 0 Å². The van der Waals surface area contributed by atoms with E-state index in [0.717, 1.165) is 41.9 Å². The first kappa shape index (κ1) is 21.0. The Labute approximate surface area is 174 Å². The van der Waals surface area contributed by atoms with Gasteiger partial charge in [-0.3, -0.25) is 9.59 Å². The van der Waals surface area contributed by atoms with Crippen LogP contribution in [0.4, 0.5) is 10.7 Å². The quantitative estimate of drug-likeness (QED) is 0.608. The van der Waals surface area contributed by atoms with Gasteiger partial charge in [0.1, 0.15) is 4.88 Å². The Morgan fingerprint density at radius 1 is 1.10 bits per heavy atom. The summed E-state index contributed by atoms with van der Waals surface area (Å²) >= 11 is 1.14. The van der Waals surface area contributed by atoms with Gasteiger partial charge in [-0.1, -0.05) is 32.0 Å². The van der Waals surface area contributed by atoms with Crippen molar-refractivity contribution in [3.8, 4) is 0 Å². The fraction of sp³-hybridized carbons (Fsp3) is 0.409. The molecule has 154 valence electrons. The topological polar surface area (TPSA) is 84.5 Å². The zero-order chi connectivity index (χ0) is 21.0. The second-order valence-electron chi connectivity index (χ2n) is 7.36. The van der Waals surface area contributed by atoms with E-state index in [1.807, 2.05) is 24.3 Å². The van der Waals surface area contributed by atoms with Gasteiger partial charge in [0.15, 0.2) is 6.10 Å². The highest BCUT2D eigenvalue weighted by Crippen LogP contribution is 2.32. The van der Waals surface area contributed by atoms with Crippen LogP contribution in [0.15, 0.2) is 36.4 Å². The number of para-hydroxylation sites is 1. The van der Waals surface area contributed by atoms with Crippen molar-refractivity contribution in [2.24, 2.45) is 5.92 Å². The van der Waals surface area contributed by atoms with Crippen LogP contribution in [0.5, 0.6) is 0 Å². The fourth-order valence-electron chi connectivity index (χ4n) is 2.85. The summed E-state index contributed by atoms with van der Waals surface area (Å²) in [6, 6.07) is 10.9. The smallest absolute Gasteiger partial charge is 0.349 e. The maximum atomic E-state index is 12.5. The van der Waals surface area contributed by atoms with Crippen LogP contribution in [0, 0.1) is 5.92 Å². The Morgan fingerprint density at radius 2 is 1.83 bits per heavy atom. The van der Waals surface area contributed by atoms with Gasteiger partial charge in [-0.15, -0.1) is 11.3 Å². The van der Waals surface area contributed by atoms with Crippen molar-refractivity contribution in [3.05, 3.63) is 46.8 Å². The van der Waals surface area contributed by atoms with Crippen molar-refractivity contribution in [2.75, 3.05) is 10.6 Å². The number of esters is 1. The Kier molecular flexibility index (Phi) is 6.69. The standard InChI is InChI=1S/C22H26N2O4S/c1-4-13(2)16-7-5-6-8-17(16)23-20(25)14(3)28-22(27)18-11-12-19(29-18)24-21(26)15-9-10-15/h5-8,11-15H,4,9-10H2,1-3H3,(H,23,25)(H,24,26). The summed E-state index contributed by atoms with van der Waals surface area (Å²) in [4.78, 5) is 37.1. The average Bonchev–Trinajstić information content (AvgIpc) is 3.47. The highest BCUT2D eigenvalue weighted by molar-refractivity contribution is 7.18. The Morgan fingerprint density at radius 3 is 2.52 bits per heavy atom. The van der Waals surface area contributed by atoms with Gasteiger partial charge in [-0.25, -0.2) is 4.79 Å². The minimum absolute atomic E-state index is 0.0144. The van der Waals surface area contributed by atoms with E-state index in [2.05, 4.69) is 24.5 Å². The van der Waals surface area contributed by atoms with Gasteiger partial charge in [0.2, 0.25) is 5.91 Å². The summed E-state index contributed by atoms with van der Waals surface area (Å²) in [5.41, 5.74) is 1.78. The molecule has 1 aliphatic rings. The summed E-state index contributed by atoms with van der Waals surface area (Å²) < 4.78 is 5.32. The molecular weight excluding hydrogens is 388 g/mol. The summed E-state index contributed by atoms with van der Waals surface area (Å²) in [6.45, 7) is 5.74. The molecule has 7 heteroatoms. The molecule has 1 aromatic carbocycles. The van der Waals surface area contributed by atoms with Gasteiger partial charge in [0.25, 0.3) is 5.91 Å². The fourth-order valence-corrected chi connectivity index (χ4v) is 3.64. The van der Waals surface area contributed by atoms with Crippen LogP contribution in [0.1, 0.15) is 61.2 Å². The lowest BCUT2D eigenvalue weighted by molar-refractivity contribution is -0.123. The minimum atomic E-state index is -0.945. The maximum absolute atomic E-state index is 12.5. The number of hydrogen-bond donors (Lipinski definition) is 2. The zero-order valence-corrected chi connectivity index (χ0v) is 17.7. The highest BCUT2D eigenvalue weighted by atomic mass is 32.1. The lowest BCUT2D eigenvalue weighted by Crippen LogP contribution is -2.30. The predicted molar refractivity (Wildman–Crippen MR) is 114 cm³/mol. The number of benzene rings is 1. The van der Waals surface area contributed by atoms with Gasteiger partial charge in [0.05, 0.1) is 5.00 Å². The third kappa shape index (κ3) is 5.44.